The molecule has 0 radical (unpaired) electrons. The van der Waals surface area contributed by atoms with Gasteiger partial charge in [0.25, 0.3) is 0 Å². The van der Waals surface area contributed by atoms with Gasteiger partial charge in [-0.25, -0.2) is 13.8 Å². The van der Waals surface area contributed by atoms with Gasteiger partial charge in [-0.3, -0.25) is 0 Å². The first-order chi connectivity index (χ1) is 14.6. The van der Waals surface area contributed by atoms with Crippen molar-refractivity contribution < 1.29 is 13.5 Å². The Balaban J connectivity index is 1.52. The topological polar surface area (TPSA) is 50.3 Å². The van der Waals surface area contributed by atoms with Crippen molar-refractivity contribution in [3.8, 4) is 6.01 Å². The zero-order chi connectivity index (χ0) is 20.7. The monoisotopic (exact) mass is 408 g/mol. The molecule has 2 aromatic rings. The van der Waals surface area contributed by atoms with Crippen LogP contribution < -0.4 is 20.6 Å². The Morgan fingerprint density at radius 1 is 1.30 bits per heavy atom. The molecule has 1 aromatic heterocycles. The molecule has 3 aliphatic rings. The molecule has 30 heavy (non-hydrogen) atoms. The molecule has 2 aliphatic heterocycles. The molecule has 1 atom stereocenters. The molecule has 1 saturated heterocycles. The van der Waals surface area contributed by atoms with E-state index in [0.29, 0.717) is 41.1 Å². The molecule has 0 bridgehead atoms. The summed E-state index contributed by atoms with van der Waals surface area (Å²) in [5, 5.41) is 3.75. The van der Waals surface area contributed by atoms with E-state index in [2.05, 4.69) is 27.2 Å². The van der Waals surface area contributed by atoms with Crippen LogP contribution in [-0.2, 0) is 0 Å². The molecule has 1 aliphatic carbocycles. The van der Waals surface area contributed by atoms with Gasteiger partial charge in [0.2, 0.25) is 0 Å². The average molecular weight is 408 g/mol. The van der Waals surface area contributed by atoms with Crippen molar-refractivity contribution in [3.05, 3.63) is 63.7 Å². The average Bonchev–Trinajstić information content (AvgIpc) is 3.17. The van der Waals surface area contributed by atoms with E-state index in [1.54, 1.807) is 18.5 Å². The van der Waals surface area contributed by atoms with Crippen LogP contribution in [0.4, 0.5) is 8.78 Å². The highest BCUT2D eigenvalue weighted by molar-refractivity contribution is 5.87. The Kier molecular flexibility index (Phi) is 4.83. The largest absolute Gasteiger partial charge is 0.462 e. The zero-order valence-corrected chi connectivity index (χ0v) is 16.7. The number of hydrogen-bond donors (Lipinski definition) is 1. The summed E-state index contributed by atoms with van der Waals surface area (Å²) in [6, 6.07) is 5.04. The number of nitrogens with one attached hydrogen (secondary N) is 1. The number of hydrogen-bond acceptors (Lipinski definition) is 5. The molecule has 1 fully saturated rings. The second-order valence-electron chi connectivity index (χ2n) is 7.84. The van der Waals surface area contributed by atoms with Crippen LogP contribution in [0.2, 0.25) is 0 Å². The highest BCUT2D eigenvalue weighted by atomic mass is 19.1. The number of ether oxygens (including phenoxy) is 1. The Morgan fingerprint density at radius 3 is 3.03 bits per heavy atom. The number of halogens is 2. The third-order valence-electron chi connectivity index (χ3n) is 5.93. The van der Waals surface area contributed by atoms with Crippen LogP contribution in [0, 0.1) is 5.82 Å². The maximum absolute atomic E-state index is 15.5. The van der Waals surface area contributed by atoms with E-state index in [-0.39, 0.29) is 17.2 Å². The van der Waals surface area contributed by atoms with Gasteiger partial charge in [-0.1, -0.05) is 18.2 Å². The molecule has 5 nitrogen and oxygen atoms in total. The maximum Gasteiger partial charge on any atom is 0.317 e. The quantitative estimate of drug-likeness (QED) is 0.845. The van der Waals surface area contributed by atoms with E-state index in [9.17, 15) is 4.39 Å². The van der Waals surface area contributed by atoms with Crippen molar-refractivity contribution in [1.82, 2.24) is 20.2 Å². The molecule has 0 unspecified atom stereocenters. The van der Waals surface area contributed by atoms with Gasteiger partial charge in [-0.2, -0.15) is 4.98 Å². The Bertz CT molecular complexity index is 1190. The van der Waals surface area contributed by atoms with Crippen molar-refractivity contribution >= 4 is 23.7 Å². The summed E-state index contributed by atoms with van der Waals surface area (Å²) in [5.74, 6) is -0.837. The summed E-state index contributed by atoms with van der Waals surface area (Å²) >= 11 is 0. The Labute approximate surface area is 173 Å². The highest BCUT2D eigenvalue weighted by Gasteiger charge is 2.23. The number of allylic oxidation sites excluding steroid dienone is 3. The van der Waals surface area contributed by atoms with E-state index in [1.807, 2.05) is 12.2 Å². The third-order valence-corrected chi connectivity index (χ3v) is 5.93. The molecule has 0 saturated carbocycles. The second-order valence-corrected chi connectivity index (χ2v) is 7.84. The van der Waals surface area contributed by atoms with Crippen molar-refractivity contribution in [3.63, 3.8) is 0 Å². The lowest BCUT2D eigenvalue weighted by molar-refractivity contribution is 0.187. The third kappa shape index (κ3) is 3.39. The zero-order valence-electron chi connectivity index (χ0n) is 16.7. The highest BCUT2D eigenvalue weighted by Crippen LogP contribution is 2.34. The van der Waals surface area contributed by atoms with E-state index < -0.39 is 5.83 Å². The summed E-state index contributed by atoms with van der Waals surface area (Å²) in [7, 11) is 2.07. The predicted octanol–water partition coefficient (Wildman–Crippen LogP) is 2.34. The lowest BCUT2D eigenvalue weighted by Gasteiger charge is -2.21. The van der Waals surface area contributed by atoms with Gasteiger partial charge in [0.15, 0.2) is 5.83 Å². The molecule has 1 N–H and O–H groups in total. The molecule has 3 heterocycles. The van der Waals surface area contributed by atoms with Gasteiger partial charge in [-0.15, -0.1) is 0 Å². The second kappa shape index (κ2) is 7.65. The van der Waals surface area contributed by atoms with Crippen LogP contribution in [-0.4, -0.2) is 41.1 Å². The van der Waals surface area contributed by atoms with Crippen molar-refractivity contribution in [2.45, 2.75) is 25.3 Å². The fraction of sp³-hybridized carbons (Fsp3) is 0.304. The van der Waals surface area contributed by atoms with Crippen LogP contribution in [0.25, 0.3) is 23.7 Å². The van der Waals surface area contributed by atoms with Crippen molar-refractivity contribution in [1.29, 1.82) is 0 Å². The first-order valence-corrected chi connectivity index (χ1v) is 10.1. The maximum atomic E-state index is 15.5. The van der Waals surface area contributed by atoms with Crippen molar-refractivity contribution in [2.24, 2.45) is 0 Å². The predicted molar refractivity (Wildman–Crippen MR) is 112 cm³/mol. The molecule has 5 rings (SSSR count). The molecule has 0 amide bonds. The Hall–Kier alpha value is -3.06. The van der Waals surface area contributed by atoms with E-state index in [4.69, 9.17) is 4.74 Å². The number of likely N-dealkylation sites (N-methyl/N-ethyl adjacent to an activating group) is 1. The fourth-order valence-electron chi connectivity index (χ4n) is 4.22. The molecule has 154 valence electrons. The number of likely N-dealkylation sites (tertiary alicyclic amines) is 1. The van der Waals surface area contributed by atoms with Gasteiger partial charge in [0.1, 0.15) is 17.8 Å². The van der Waals surface area contributed by atoms with Crippen LogP contribution in [0.1, 0.15) is 30.4 Å². The van der Waals surface area contributed by atoms with Gasteiger partial charge in [0, 0.05) is 23.7 Å². The van der Waals surface area contributed by atoms with Gasteiger partial charge in [0.05, 0.1) is 5.70 Å². The number of rotatable bonds is 3. The van der Waals surface area contributed by atoms with Crippen molar-refractivity contribution in [2.75, 3.05) is 20.2 Å². The number of fused-ring (bicyclic) bond motifs is 2. The van der Waals surface area contributed by atoms with Crippen LogP contribution >= 0.6 is 0 Å². The van der Waals surface area contributed by atoms with Crippen LogP contribution in [0.5, 0.6) is 6.01 Å². The minimum atomic E-state index is -0.488. The number of nitrogens with zero attached hydrogens (tertiary/aromatic N) is 3. The summed E-state index contributed by atoms with van der Waals surface area (Å²) in [6.07, 6.45) is 9.80. The minimum Gasteiger partial charge on any atom is -0.462 e. The standard InChI is InChI=1S/C23H22F2N4O/c1-29-9-3-5-17(29)13-30-23-27-12-15-11-26-22(20(25)21(15)28-23)18-6-2-4-14-7-8-16(24)10-19(14)18/h2,4,7-8,10-12,17,26H,3,5-6,9,13H2,1H3/t17-/m0/s1. The van der Waals surface area contributed by atoms with Crippen LogP contribution in [0.3, 0.4) is 0 Å². The minimum absolute atomic E-state index is 0.166. The lowest BCUT2D eigenvalue weighted by atomic mass is 9.90. The van der Waals surface area contributed by atoms with Gasteiger partial charge in [-0.05, 0) is 61.7 Å². The lowest BCUT2D eigenvalue weighted by Crippen LogP contribution is -2.38. The van der Waals surface area contributed by atoms with Gasteiger partial charge < -0.3 is 15.0 Å². The first kappa shape index (κ1) is 18.9. The summed E-state index contributed by atoms with van der Waals surface area (Å²) < 4.78 is 35.1. The molecule has 0 spiro atoms. The number of aromatic nitrogens is 2. The van der Waals surface area contributed by atoms with Gasteiger partial charge >= 0.3 is 6.01 Å². The first-order valence-electron chi connectivity index (χ1n) is 10.1. The molecular formula is C23H22F2N4O. The van der Waals surface area contributed by atoms with E-state index in [1.165, 1.54) is 12.1 Å². The molecule has 7 heteroatoms. The molecular weight excluding hydrogens is 386 g/mol. The normalized spacial score (nSPS) is 22.9. The van der Waals surface area contributed by atoms with E-state index in [0.717, 1.165) is 24.9 Å². The smallest absolute Gasteiger partial charge is 0.317 e. The van der Waals surface area contributed by atoms with E-state index >= 15 is 4.39 Å². The number of benzene rings is 1. The summed E-state index contributed by atoms with van der Waals surface area (Å²) in [6.45, 7) is 1.53. The summed E-state index contributed by atoms with van der Waals surface area (Å²) in [5.41, 5.74) is 2.54. The SMILES string of the molecule is CN1CCC[C@H]1COc1ncc2c(n1)=C(F)C(=C1CC=Cc3ccc(F)cc31)NC=2. The summed E-state index contributed by atoms with van der Waals surface area (Å²) in [4.78, 5) is 10.8. The fourth-order valence-corrected chi connectivity index (χ4v) is 4.22. The van der Waals surface area contributed by atoms with Crippen LogP contribution in [0.15, 0.2) is 36.2 Å². The Morgan fingerprint density at radius 2 is 2.20 bits per heavy atom. The molecule has 1 aromatic carbocycles.